The lowest BCUT2D eigenvalue weighted by atomic mass is 9.68. The number of amides is 2. The Balaban J connectivity index is 1.30. The molecule has 1 N–H and O–H groups in total. The van der Waals surface area contributed by atoms with E-state index in [1.807, 2.05) is 6.07 Å². The molecule has 1 aliphatic carbocycles. The number of nitrogens with one attached hydrogen (secondary N) is 1. The Hall–Kier alpha value is -2.34. The van der Waals surface area contributed by atoms with E-state index in [2.05, 4.69) is 21.2 Å². The molecule has 0 unspecified atom stereocenters. The van der Waals surface area contributed by atoms with Gasteiger partial charge in [-0.05, 0) is 68.7 Å². The third-order valence-electron chi connectivity index (χ3n) is 7.78. The molecular formula is C24H29N3O3. The number of anilines is 1. The minimum Gasteiger partial charge on any atom is -0.482 e. The van der Waals surface area contributed by atoms with E-state index in [1.54, 1.807) is 12.1 Å². The van der Waals surface area contributed by atoms with Crippen molar-refractivity contribution in [2.75, 3.05) is 31.6 Å². The molecule has 5 aliphatic rings. The van der Waals surface area contributed by atoms with Crippen molar-refractivity contribution >= 4 is 17.5 Å². The van der Waals surface area contributed by atoms with Crippen LogP contribution in [0.4, 0.5) is 5.69 Å². The van der Waals surface area contributed by atoms with Crippen molar-refractivity contribution in [3.05, 3.63) is 35.4 Å². The molecule has 2 bridgehead atoms. The van der Waals surface area contributed by atoms with Crippen molar-refractivity contribution in [3.8, 4) is 5.75 Å². The summed E-state index contributed by atoms with van der Waals surface area (Å²) >= 11 is 0. The summed E-state index contributed by atoms with van der Waals surface area (Å²) in [4.78, 5) is 30.1. The monoisotopic (exact) mass is 407 g/mol. The lowest BCUT2D eigenvalue weighted by Gasteiger charge is -2.54. The Bertz CT molecular complexity index is 926. The minimum absolute atomic E-state index is 0.0307. The molecule has 6 nitrogen and oxygen atoms in total. The highest BCUT2D eigenvalue weighted by Gasteiger charge is 2.47. The zero-order valence-electron chi connectivity index (χ0n) is 17.3. The molecule has 30 heavy (non-hydrogen) atoms. The molecule has 3 fully saturated rings. The third-order valence-corrected chi connectivity index (χ3v) is 7.78. The summed E-state index contributed by atoms with van der Waals surface area (Å²) in [6.07, 6.45) is 9.92. The van der Waals surface area contributed by atoms with Gasteiger partial charge in [-0.3, -0.25) is 14.5 Å². The molecule has 2 amide bonds. The van der Waals surface area contributed by atoms with Gasteiger partial charge in [0.1, 0.15) is 5.75 Å². The van der Waals surface area contributed by atoms with E-state index in [1.165, 1.54) is 37.8 Å². The summed E-state index contributed by atoms with van der Waals surface area (Å²) < 4.78 is 5.45. The van der Waals surface area contributed by atoms with Crippen LogP contribution < -0.4 is 10.1 Å². The number of benzene rings is 1. The fraction of sp³-hybridized carbons (Fsp3) is 0.583. The molecule has 0 aromatic heterocycles. The molecule has 0 radical (unpaired) electrons. The van der Waals surface area contributed by atoms with Gasteiger partial charge in [-0.1, -0.05) is 18.1 Å². The highest BCUT2D eigenvalue weighted by Crippen LogP contribution is 2.45. The van der Waals surface area contributed by atoms with Crippen LogP contribution in [0.5, 0.6) is 5.75 Å². The molecule has 4 heterocycles. The smallest absolute Gasteiger partial charge is 0.262 e. The van der Waals surface area contributed by atoms with Gasteiger partial charge in [-0.25, -0.2) is 0 Å². The van der Waals surface area contributed by atoms with Gasteiger partial charge in [0.25, 0.3) is 11.8 Å². The summed E-state index contributed by atoms with van der Waals surface area (Å²) in [5, 5.41) is 2.83. The second kappa shape index (κ2) is 7.12. The van der Waals surface area contributed by atoms with Crippen LogP contribution in [0.25, 0.3) is 0 Å². The van der Waals surface area contributed by atoms with Gasteiger partial charge in [0.05, 0.1) is 11.7 Å². The molecule has 6 heteroatoms. The van der Waals surface area contributed by atoms with Crippen molar-refractivity contribution in [2.24, 2.45) is 11.8 Å². The number of piperidine rings is 3. The van der Waals surface area contributed by atoms with Gasteiger partial charge < -0.3 is 15.0 Å². The number of rotatable bonds is 1. The second-order valence-corrected chi connectivity index (χ2v) is 9.55. The highest BCUT2D eigenvalue weighted by molar-refractivity contribution is 6.00. The Morgan fingerprint density at radius 3 is 3.03 bits per heavy atom. The highest BCUT2D eigenvalue weighted by atomic mass is 16.5. The van der Waals surface area contributed by atoms with Gasteiger partial charge in [0, 0.05) is 24.7 Å². The number of hydrogen-bond donors (Lipinski definition) is 1. The zero-order chi connectivity index (χ0) is 20.2. The first-order chi connectivity index (χ1) is 14.7. The average Bonchev–Trinajstić information content (AvgIpc) is 2.78. The van der Waals surface area contributed by atoms with Crippen LogP contribution in [-0.2, 0) is 4.79 Å². The molecule has 0 saturated carbocycles. The number of carbonyl (C=O) groups excluding carboxylic acids is 2. The van der Waals surface area contributed by atoms with Gasteiger partial charge in [0.15, 0.2) is 6.61 Å². The maximum Gasteiger partial charge on any atom is 0.262 e. The van der Waals surface area contributed by atoms with Crippen LogP contribution in [0, 0.1) is 11.8 Å². The van der Waals surface area contributed by atoms with E-state index in [-0.39, 0.29) is 24.5 Å². The molecule has 3 saturated heterocycles. The number of fused-ring (bicyclic) bond motifs is 7. The molecule has 6 rings (SSSR count). The van der Waals surface area contributed by atoms with Crippen molar-refractivity contribution in [1.29, 1.82) is 0 Å². The fourth-order valence-corrected chi connectivity index (χ4v) is 6.58. The van der Waals surface area contributed by atoms with E-state index < -0.39 is 0 Å². The van der Waals surface area contributed by atoms with Crippen molar-refractivity contribution in [2.45, 2.75) is 50.6 Å². The lowest BCUT2D eigenvalue weighted by molar-refractivity contribution is -0.118. The normalized spacial score (nSPS) is 32.7. The SMILES string of the molecule is O=C1COc2ccc(C(=O)N3CCCC4=C[C@@H]5C[C@@H](CN6CCCC[C@H]56)[C@@H]43)cc2N1. The van der Waals surface area contributed by atoms with Crippen LogP contribution in [-0.4, -0.2) is 59.9 Å². The molecule has 4 atom stereocenters. The molecule has 1 aromatic carbocycles. The van der Waals surface area contributed by atoms with Gasteiger partial charge >= 0.3 is 0 Å². The van der Waals surface area contributed by atoms with Crippen LogP contribution >= 0.6 is 0 Å². The van der Waals surface area contributed by atoms with Crippen molar-refractivity contribution in [3.63, 3.8) is 0 Å². The minimum atomic E-state index is -0.174. The van der Waals surface area contributed by atoms with Crippen LogP contribution in [0.15, 0.2) is 29.8 Å². The predicted octanol–water partition coefficient (Wildman–Crippen LogP) is 3.05. The van der Waals surface area contributed by atoms with Crippen LogP contribution in [0.3, 0.4) is 0 Å². The first-order valence-electron chi connectivity index (χ1n) is 11.5. The first-order valence-corrected chi connectivity index (χ1v) is 11.5. The Morgan fingerprint density at radius 2 is 2.10 bits per heavy atom. The molecular weight excluding hydrogens is 378 g/mol. The van der Waals surface area contributed by atoms with Crippen molar-refractivity contribution in [1.82, 2.24) is 9.80 Å². The summed E-state index contributed by atoms with van der Waals surface area (Å²) in [6.45, 7) is 3.18. The molecule has 158 valence electrons. The van der Waals surface area contributed by atoms with E-state index in [0.29, 0.717) is 28.8 Å². The van der Waals surface area contributed by atoms with Crippen LogP contribution in [0.1, 0.15) is 48.9 Å². The van der Waals surface area contributed by atoms with E-state index in [9.17, 15) is 9.59 Å². The number of hydrogen-bond acceptors (Lipinski definition) is 4. The molecule has 4 aliphatic heterocycles. The van der Waals surface area contributed by atoms with E-state index in [4.69, 9.17) is 4.74 Å². The Morgan fingerprint density at radius 1 is 1.17 bits per heavy atom. The standard InChI is InChI=1S/C24H29N3O3/c28-22-14-30-21-7-6-16(12-19(21)25-22)24(29)27-9-3-4-15-10-17-11-18(23(15)27)13-26-8-2-1-5-20(17)26/h6-7,10,12,17-18,20,23H,1-5,8-9,11,13-14H2,(H,25,28)/t17-,18+,20-,23-/m1/s1. The topological polar surface area (TPSA) is 61.9 Å². The number of carbonyl (C=O) groups is 2. The number of likely N-dealkylation sites (tertiary alicyclic amines) is 1. The Labute approximate surface area is 177 Å². The molecule has 1 aromatic rings. The second-order valence-electron chi connectivity index (χ2n) is 9.55. The van der Waals surface area contributed by atoms with E-state index >= 15 is 0 Å². The number of nitrogens with zero attached hydrogens (tertiary/aromatic N) is 2. The maximum absolute atomic E-state index is 13.6. The maximum atomic E-state index is 13.6. The predicted molar refractivity (Wildman–Crippen MR) is 114 cm³/mol. The van der Waals surface area contributed by atoms with Crippen LogP contribution in [0.2, 0.25) is 0 Å². The zero-order valence-corrected chi connectivity index (χ0v) is 17.3. The van der Waals surface area contributed by atoms with E-state index in [0.717, 1.165) is 32.0 Å². The molecule has 0 spiro atoms. The average molecular weight is 408 g/mol. The summed E-state index contributed by atoms with van der Waals surface area (Å²) in [5.74, 6) is 1.74. The lowest BCUT2D eigenvalue weighted by Crippen LogP contribution is -2.60. The quantitative estimate of drug-likeness (QED) is 0.727. The summed E-state index contributed by atoms with van der Waals surface area (Å²) in [7, 11) is 0. The third kappa shape index (κ3) is 2.96. The van der Waals surface area contributed by atoms with Crippen molar-refractivity contribution < 1.29 is 14.3 Å². The van der Waals surface area contributed by atoms with Gasteiger partial charge in [-0.15, -0.1) is 0 Å². The fourth-order valence-electron chi connectivity index (χ4n) is 6.58. The summed E-state index contributed by atoms with van der Waals surface area (Å²) in [6, 6.07) is 6.37. The van der Waals surface area contributed by atoms with Gasteiger partial charge in [0.2, 0.25) is 0 Å². The first kappa shape index (κ1) is 18.4. The largest absolute Gasteiger partial charge is 0.482 e. The summed E-state index contributed by atoms with van der Waals surface area (Å²) in [5.41, 5.74) is 2.73. The Kier molecular flexibility index (Phi) is 4.37. The van der Waals surface area contributed by atoms with Gasteiger partial charge in [-0.2, -0.15) is 0 Å². The number of ether oxygens (including phenoxy) is 1.